The summed E-state index contributed by atoms with van der Waals surface area (Å²) in [6.45, 7) is 5.95. The Morgan fingerprint density at radius 1 is 1.36 bits per heavy atom. The van der Waals surface area contributed by atoms with E-state index in [1.54, 1.807) is 18.3 Å². The Hall–Kier alpha value is -0.750. The van der Waals surface area contributed by atoms with Crippen LogP contribution in [0.15, 0.2) is 5.38 Å². The number of carbonyl (C=O) groups excluding carboxylic acids is 1. The molecule has 1 fully saturated rings. The molecule has 1 N–H and O–H groups in total. The van der Waals surface area contributed by atoms with Gasteiger partial charge in [-0.25, -0.2) is 4.98 Å². The molecule has 6 heteroatoms. The van der Waals surface area contributed by atoms with E-state index < -0.39 is 16.0 Å². The lowest BCUT2D eigenvalue weighted by Gasteiger charge is -2.24. The Balaban J connectivity index is 1.86. The van der Waals surface area contributed by atoms with E-state index in [9.17, 15) is 9.00 Å². The van der Waals surface area contributed by atoms with Gasteiger partial charge in [0.25, 0.3) is 0 Å². The zero-order valence-corrected chi connectivity index (χ0v) is 15.3. The molecule has 22 heavy (non-hydrogen) atoms. The van der Waals surface area contributed by atoms with Crippen molar-refractivity contribution in [3.05, 3.63) is 16.1 Å². The zero-order chi connectivity index (χ0) is 16.1. The van der Waals surface area contributed by atoms with Crippen molar-refractivity contribution in [1.82, 2.24) is 10.3 Å². The van der Waals surface area contributed by atoms with Crippen LogP contribution in [0.5, 0.6) is 0 Å². The van der Waals surface area contributed by atoms with Crippen LogP contribution in [0.4, 0.5) is 0 Å². The van der Waals surface area contributed by atoms with Gasteiger partial charge in [-0.3, -0.25) is 9.00 Å². The second kappa shape index (κ2) is 8.20. The highest BCUT2D eigenvalue weighted by atomic mass is 32.2. The third-order valence-electron chi connectivity index (χ3n) is 4.07. The van der Waals surface area contributed by atoms with Crippen LogP contribution in [-0.2, 0) is 21.3 Å². The summed E-state index contributed by atoms with van der Waals surface area (Å²) in [5.74, 6) is 0.673. The first kappa shape index (κ1) is 17.6. The quantitative estimate of drug-likeness (QED) is 0.862. The lowest BCUT2D eigenvalue weighted by Crippen LogP contribution is -2.42. The van der Waals surface area contributed by atoms with Crippen LogP contribution >= 0.6 is 11.3 Å². The number of hydrogen-bond acceptors (Lipinski definition) is 4. The molecule has 1 aliphatic carbocycles. The standard InChI is InChI=1S/C16H26N2O2S2/c1-11(2)16-18-14(9-21-16)10-22(20)12(3)15(19)17-13-7-5-4-6-8-13/h9,11-13H,4-8,10H2,1-3H3,(H,17,19)/t12-,22-/m0/s1. The number of rotatable bonds is 6. The minimum Gasteiger partial charge on any atom is -0.352 e. The van der Waals surface area contributed by atoms with E-state index in [0.29, 0.717) is 11.7 Å². The van der Waals surface area contributed by atoms with Crippen LogP contribution in [0.2, 0.25) is 0 Å². The van der Waals surface area contributed by atoms with Crippen molar-refractivity contribution in [2.75, 3.05) is 0 Å². The van der Waals surface area contributed by atoms with Crippen LogP contribution in [-0.4, -0.2) is 26.4 Å². The smallest absolute Gasteiger partial charge is 0.235 e. The summed E-state index contributed by atoms with van der Waals surface area (Å²) in [6.07, 6.45) is 5.72. The van der Waals surface area contributed by atoms with Crippen molar-refractivity contribution >= 4 is 28.0 Å². The van der Waals surface area contributed by atoms with Crippen LogP contribution in [0.3, 0.4) is 0 Å². The predicted molar refractivity (Wildman–Crippen MR) is 92.5 cm³/mol. The van der Waals surface area contributed by atoms with E-state index in [2.05, 4.69) is 24.1 Å². The Morgan fingerprint density at radius 2 is 2.05 bits per heavy atom. The Morgan fingerprint density at radius 3 is 2.64 bits per heavy atom. The average Bonchev–Trinajstić information content (AvgIpc) is 2.96. The van der Waals surface area contributed by atoms with Gasteiger partial charge < -0.3 is 5.32 Å². The molecule has 1 aliphatic rings. The fourth-order valence-electron chi connectivity index (χ4n) is 2.61. The molecule has 124 valence electrons. The normalized spacial score (nSPS) is 19.1. The SMILES string of the molecule is CC(C)c1nc(C[S@](=O)[C@@H](C)C(=O)NC2CCCCC2)cs1. The molecular formula is C16H26N2O2S2. The molecule has 0 aromatic carbocycles. The Kier molecular flexibility index (Phi) is 6.56. The van der Waals surface area contributed by atoms with Crippen molar-refractivity contribution in [3.63, 3.8) is 0 Å². The number of nitrogens with zero attached hydrogens (tertiary/aromatic N) is 1. The molecule has 2 atom stereocenters. The Labute approximate surface area is 139 Å². The maximum absolute atomic E-state index is 12.4. The van der Waals surface area contributed by atoms with Gasteiger partial charge in [0.05, 0.1) is 16.5 Å². The van der Waals surface area contributed by atoms with E-state index in [4.69, 9.17) is 0 Å². The molecule has 0 unspecified atom stereocenters. The summed E-state index contributed by atoms with van der Waals surface area (Å²) in [6, 6.07) is 0.271. The molecule has 1 aromatic heterocycles. The van der Waals surface area contributed by atoms with Gasteiger partial charge in [-0.15, -0.1) is 11.3 Å². The molecule has 1 aromatic rings. The maximum atomic E-state index is 12.4. The molecule has 0 spiro atoms. The molecule has 1 heterocycles. The minimum atomic E-state index is -1.22. The first-order chi connectivity index (χ1) is 10.5. The monoisotopic (exact) mass is 342 g/mol. The van der Waals surface area contributed by atoms with Gasteiger partial charge in [0.1, 0.15) is 5.25 Å². The molecule has 4 nitrogen and oxygen atoms in total. The van der Waals surface area contributed by atoms with Gasteiger partial charge in [-0.1, -0.05) is 33.1 Å². The van der Waals surface area contributed by atoms with Crippen molar-refractivity contribution in [1.29, 1.82) is 0 Å². The summed E-state index contributed by atoms with van der Waals surface area (Å²) < 4.78 is 12.4. The summed E-state index contributed by atoms with van der Waals surface area (Å²) in [4.78, 5) is 16.7. The predicted octanol–water partition coefficient (Wildman–Crippen LogP) is 3.35. The van der Waals surface area contributed by atoms with Crippen LogP contribution < -0.4 is 5.32 Å². The molecule has 1 amide bonds. The molecular weight excluding hydrogens is 316 g/mol. The number of hydrogen-bond donors (Lipinski definition) is 1. The van der Waals surface area contributed by atoms with E-state index in [1.165, 1.54) is 19.3 Å². The van der Waals surface area contributed by atoms with Gasteiger partial charge in [0, 0.05) is 28.1 Å². The van der Waals surface area contributed by atoms with E-state index in [0.717, 1.165) is 23.5 Å². The van der Waals surface area contributed by atoms with E-state index in [1.807, 2.05) is 5.38 Å². The first-order valence-electron chi connectivity index (χ1n) is 8.09. The summed E-state index contributed by atoms with van der Waals surface area (Å²) in [7, 11) is -1.22. The number of nitrogens with one attached hydrogen (secondary N) is 1. The average molecular weight is 343 g/mol. The highest BCUT2D eigenvalue weighted by Gasteiger charge is 2.24. The molecule has 1 saturated carbocycles. The van der Waals surface area contributed by atoms with Crippen molar-refractivity contribution < 1.29 is 9.00 Å². The van der Waals surface area contributed by atoms with Crippen molar-refractivity contribution in [2.24, 2.45) is 0 Å². The molecule has 0 bridgehead atoms. The number of carbonyl (C=O) groups is 1. The van der Waals surface area contributed by atoms with Crippen LogP contribution in [0.25, 0.3) is 0 Å². The topological polar surface area (TPSA) is 59.1 Å². The minimum absolute atomic E-state index is 0.0791. The van der Waals surface area contributed by atoms with E-state index in [-0.39, 0.29) is 11.9 Å². The lowest BCUT2D eigenvalue weighted by molar-refractivity contribution is -0.121. The second-order valence-corrected chi connectivity index (χ2v) is 8.99. The van der Waals surface area contributed by atoms with Gasteiger partial charge in [0.2, 0.25) is 5.91 Å². The highest BCUT2D eigenvalue weighted by molar-refractivity contribution is 7.85. The Bertz CT molecular complexity index is 522. The fraction of sp³-hybridized carbons (Fsp3) is 0.750. The van der Waals surface area contributed by atoms with Gasteiger partial charge in [-0.05, 0) is 19.8 Å². The highest BCUT2D eigenvalue weighted by Crippen LogP contribution is 2.21. The number of thiazole rings is 1. The van der Waals surface area contributed by atoms with Crippen LogP contribution in [0, 0.1) is 0 Å². The van der Waals surface area contributed by atoms with Gasteiger partial charge >= 0.3 is 0 Å². The zero-order valence-electron chi connectivity index (χ0n) is 13.6. The van der Waals surface area contributed by atoms with Crippen LogP contribution in [0.1, 0.15) is 69.5 Å². The van der Waals surface area contributed by atoms with Crippen molar-refractivity contribution in [3.8, 4) is 0 Å². The first-order valence-corrected chi connectivity index (χ1v) is 10.4. The van der Waals surface area contributed by atoms with Gasteiger partial charge in [0.15, 0.2) is 0 Å². The summed E-state index contributed by atoms with van der Waals surface area (Å²) >= 11 is 1.60. The summed E-state index contributed by atoms with van der Waals surface area (Å²) in [5, 5.41) is 5.60. The maximum Gasteiger partial charge on any atom is 0.235 e. The third kappa shape index (κ3) is 4.88. The molecule has 2 rings (SSSR count). The van der Waals surface area contributed by atoms with Gasteiger partial charge in [-0.2, -0.15) is 0 Å². The number of amides is 1. The second-order valence-electron chi connectivity index (χ2n) is 6.34. The molecule has 0 saturated heterocycles. The van der Waals surface area contributed by atoms with E-state index >= 15 is 0 Å². The molecule has 0 aliphatic heterocycles. The lowest BCUT2D eigenvalue weighted by atomic mass is 9.95. The fourth-order valence-corrected chi connectivity index (χ4v) is 4.55. The van der Waals surface area contributed by atoms with Crippen molar-refractivity contribution in [2.45, 2.75) is 75.8 Å². The third-order valence-corrected chi connectivity index (χ3v) is 6.85. The largest absolute Gasteiger partial charge is 0.352 e. The summed E-state index contributed by atoms with van der Waals surface area (Å²) in [5.41, 5.74) is 0.837. The molecule has 0 radical (unpaired) electrons. The number of aromatic nitrogens is 1.